The van der Waals surface area contributed by atoms with Gasteiger partial charge in [-0.25, -0.2) is 0 Å². The third-order valence-corrected chi connectivity index (χ3v) is 4.23. The number of furan rings is 1. The maximum absolute atomic E-state index is 12.4. The molecular weight excluding hydrogens is 424 g/mol. The van der Waals surface area contributed by atoms with E-state index in [1.54, 1.807) is 24.3 Å². The van der Waals surface area contributed by atoms with Crippen molar-refractivity contribution in [2.75, 3.05) is 17.7 Å². The van der Waals surface area contributed by atoms with E-state index in [-0.39, 0.29) is 22.1 Å². The molecule has 10 nitrogen and oxygen atoms in total. The summed E-state index contributed by atoms with van der Waals surface area (Å²) in [6, 6.07) is 13.4. The smallest absolute Gasteiger partial charge is 0.291 e. The number of anilines is 2. The molecule has 0 saturated carbocycles. The molecule has 0 radical (unpaired) electrons. The van der Waals surface area contributed by atoms with Gasteiger partial charge >= 0.3 is 0 Å². The fourth-order valence-corrected chi connectivity index (χ4v) is 2.84. The van der Waals surface area contributed by atoms with E-state index in [1.807, 2.05) is 0 Å². The summed E-state index contributed by atoms with van der Waals surface area (Å²) in [6.45, 7) is 0. The van der Waals surface area contributed by atoms with Gasteiger partial charge in [-0.2, -0.15) is 0 Å². The number of para-hydroxylation sites is 1. The minimum Gasteiger partial charge on any atom is -0.495 e. The van der Waals surface area contributed by atoms with Crippen LogP contribution in [0.2, 0.25) is 0 Å². The molecule has 1 heterocycles. The van der Waals surface area contributed by atoms with Gasteiger partial charge in [0.05, 0.1) is 24.0 Å². The second kappa shape index (κ2) is 9.50. The summed E-state index contributed by atoms with van der Waals surface area (Å²) in [6.07, 6.45) is 1.38. The highest BCUT2D eigenvalue weighted by molar-refractivity contribution is 7.80. The maximum atomic E-state index is 12.4. The highest BCUT2D eigenvalue weighted by Gasteiger charge is 2.20. The van der Waals surface area contributed by atoms with Crippen LogP contribution in [-0.2, 0) is 0 Å². The average Bonchev–Trinajstić information content (AvgIpc) is 3.29. The van der Waals surface area contributed by atoms with Crippen molar-refractivity contribution in [1.29, 1.82) is 0 Å². The van der Waals surface area contributed by atoms with Gasteiger partial charge in [0, 0.05) is 11.8 Å². The van der Waals surface area contributed by atoms with E-state index < -0.39 is 16.7 Å². The molecule has 0 bridgehead atoms. The number of nitrogens with one attached hydrogen (secondary N) is 3. The number of hydrogen-bond donors (Lipinski definition) is 3. The van der Waals surface area contributed by atoms with Crippen molar-refractivity contribution < 1.29 is 23.7 Å². The van der Waals surface area contributed by atoms with Crippen LogP contribution in [0.5, 0.6) is 5.75 Å². The van der Waals surface area contributed by atoms with E-state index in [4.69, 9.17) is 21.4 Å². The number of benzene rings is 2. The Balaban J connectivity index is 1.73. The van der Waals surface area contributed by atoms with Gasteiger partial charge in [0.1, 0.15) is 11.3 Å². The van der Waals surface area contributed by atoms with Crippen molar-refractivity contribution in [2.24, 2.45) is 0 Å². The van der Waals surface area contributed by atoms with Crippen LogP contribution in [0.4, 0.5) is 17.1 Å². The first kappa shape index (κ1) is 21.5. The normalized spacial score (nSPS) is 10.1. The van der Waals surface area contributed by atoms with Crippen LogP contribution in [-0.4, -0.2) is 29.0 Å². The summed E-state index contributed by atoms with van der Waals surface area (Å²) in [4.78, 5) is 35.0. The molecule has 11 heteroatoms. The number of carbonyl (C=O) groups is 2. The number of rotatable bonds is 6. The molecular formula is C20H16N4O6S. The molecule has 1 aromatic heterocycles. The first-order chi connectivity index (χ1) is 14.9. The molecule has 3 rings (SSSR count). The average molecular weight is 440 g/mol. The van der Waals surface area contributed by atoms with Crippen LogP contribution >= 0.6 is 12.2 Å². The van der Waals surface area contributed by atoms with Gasteiger partial charge in [-0.15, -0.1) is 0 Å². The number of hydrogen-bond acceptors (Lipinski definition) is 7. The summed E-state index contributed by atoms with van der Waals surface area (Å²) < 4.78 is 10.3. The number of nitro benzene ring substituents is 1. The highest BCUT2D eigenvalue weighted by atomic mass is 32.1. The third kappa shape index (κ3) is 5.22. The van der Waals surface area contributed by atoms with Gasteiger partial charge < -0.3 is 19.8 Å². The number of ether oxygens (including phenoxy) is 1. The van der Waals surface area contributed by atoms with Crippen molar-refractivity contribution in [3.63, 3.8) is 0 Å². The predicted molar refractivity (Wildman–Crippen MR) is 116 cm³/mol. The van der Waals surface area contributed by atoms with Gasteiger partial charge in [0.25, 0.3) is 17.5 Å². The Morgan fingerprint density at radius 2 is 1.84 bits per heavy atom. The second-order valence-electron chi connectivity index (χ2n) is 6.03. The Labute approximate surface area is 181 Å². The van der Waals surface area contributed by atoms with Crippen LogP contribution in [0.15, 0.2) is 65.3 Å². The van der Waals surface area contributed by atoms with Crippen molar-refractivity contribution in [3.8, 4) is 5.75 Å². The Morgan fingerprint density at radius 3 is 2.52 bits per heavy atom. The second-order valence-corrected chi connectivity index (χ2v) is 6.44. The topological polar surface area (TPSA) is 136 Å². The first-order valence-electron chi connectivity index (χ1n) is 8.77. The summed E-state index contributed by atoms with van der Waals surface area (Å²) in [7, 11) is 1.44. The van der Waals surface area contributed by atoms with E-state index >= 15 is 0 Å². The lowest BCUT2D eigenvalue weighted by atomic mass is 10.1. The number of amides is 2. The summed E-state index contributed by atoms with van der Waals surface area (Å²) in [5, 5.41) is 18.8. The lowest BCUT2D eigenvalue weighted by molar-refractivity contribution is -0.385. The number of methoxy groups -OCH3 is 1. The number of thiocarbonyl (C=S) groups is 1. The summed E-state index contributed by atoms with van der Waals surface area (Å²) >= 11 is 5.15. The molecule has 0 unspecified atom stereocenters. The molecule has 31 heavy (non-hydrogen) atoms. The molecule has 0 aliphatic heterocycles. The SMILES string of the molecule is COc1ccc(NC(=O)c2ccco2)cc1NC(=S)NC(=O)c1ccccc1[N+](=O)[O-]. The first-order valence-corrected chi connectivity index (χ1v) is 9.18. The largest absolute Gasteiger partial charge is 0.495 e. The summed E-state index contributed by atoms with van der Waals surface area (Å²) in [5.74, 6) is -0.671. The van der Waals surface area contributed by atoms with Crippen LogP contribution in [0.25, 0.3) is 0 Å². The number of carbonyl (C=O) groups excluding carboxylic acids is 2. The van der Waals surface area contributed by atoms with Crippen LogP contribution in [0.1, 0.15) is 20.9 Å². The lowest BCUT2D eigenvalue weighted by Crippen LogP contribution is -2.34. The minimum absolute atomic E-state index is 0.115. The zero-order valence-corrected chi connectivity index (χ0v) is 16.9. The zero-order valence-electron chi connectivity index (χ0n) is 16.1. The van der Waals surface area contributed by atoms with E-state index in [1.165, 1.54) is 43.7 Å². The summed E-state index contributed by atoms with van der Waals surface area (Å²) in [5.41, 5.74) is 0.288. The lowest BCUT2D eigenvalue weighted by Gasteiger charge is -2.14. The van der Waals surface area contributed by atoms with Crippen LogP contribution in [0, 0.1) is 10.1 Å². The van der Waals surface area contributed by atoms with Gasteiger partial charge in [0.2, 0.25) is 0 Å². The van der Waals surface area contributed by atoms with Gasteiger partial charge in [-0.3, -0.25) is 25.0 Å². The van der Waals surface area contributed by atoms with Crippen molar-refractivity contribution >= 4 is 46.2 Å². The quantitative estimate of drug-likeness (QED) is 0.301. The third-order valence-electron chi connectivity index (χ3n) is 4.02. The van der Waals surface area contributed by atoms with Gasteiger partial charge in [0.15, 0.2) is 10.9 Å². The molecule has 0 spiro atoms. The molecule has 2 aromatic carbocycles. The van der Waals surface area contributed by atoms with E-state index in [9.17, 15) is 19.7 Å². The molecule has 0 aliphatic carbocycles. The van der Waals surface area contributed by atoms with E-state index in [0.29, 0.717) is 17.1 Å². The molecule has 2 amide bonds. The minimum atomic E-state index is -0.744. The van der Waals surface area contributed by atoms with Gasteiger partial charge in [-0.05, 0) is 48.6 Å². The monoisotopic (exact) mass is 440 g/mol. The molecule has 0 aliphatic rings. The standard InChI is InChI=1S/C20H16N4O6S/c1-29-16-9-8-12(21-19(26)17-7-4-10-30-17)11-14(16)22-20(31)23-18(25)13-5-2-3-6-15(13)24(27)28/h2-11H,1H3,(H,21,26)(H2,22,23,25,31). The van der Waals surface area contributed by atoms with Crippen LogP contribution < -0.4 is 20.7 Å². The molecule has 3 N–H and O–H groups in total. The number of nitrogens with zero attached hydrogens (tertiary/aromatic N) is 1. The fraction of sp³-hybridized carbons (Fsp3) is 0.0500. The fourth-order valence-electron chi connectivity index (χ4n) is 2.63. The van der Waals surface area contributed by atoms with E-state index in [2.05, 4.69) is 16.0 Å². The Kier molecular flexibility index (Phi) is 6.58. The van der Waals surface area contributed by atoms with E-state index in [0.717, 1.165) is 0 Å². The van der Waals surface area contributed by atoms with Crippen molar-refractivity contribution in [1.82, 2.24) is 5.32 Å². The molecule has 3 aromatic rings. The molecule has 0 fully saturated rings. The maximum Gasteiger partial charge on any atom is 0.291 e. The Hall–Kier alpha value is -4.25. The molecule has 0 atom stereocenters. The van der Waals surface area contributed by atoms with Crippen molar-refractivity contribution in [2.45, 2.75) is 0 Å². The molecule has 0 saturated heterocycles. The Bertz CT molecular complexity index is 1150. The van der Waals surface area contributed by atoms with Crippen molar-refractivity contribution in [3.05, 3.63) is 82.3 Å². The van der Waals surface area contributed by atoms with Gasteiger partial charge in [-0.1, -0.05) is 12.1 Å². The predicted octanol–water partition coefficient (Wildman–Crippen LogP) is 3.58. The zero-order chi connectivity index (χ0) is 22.4. The molecule has 158 valence electrons. The Morgan fingerprint density at radius 1 is 1.06 bits per heavy atom. The highest BCUT2D eigenvalue weighted by Crippen LogP contribution is 2.28. The van der Waals surface area contributed by atoms with Crippen LogP contribution in [0.3, 0.4) is 0 Å². The number of nitro groups is 1.